The van der Waals surface area contributed by atoms with E-state index in [4.69, 9.17) is 4.74 Å². The number of likely N-dealkylation sites (N-methyl/N-ethyl adjacent to an activating group) is 1. The van der Waals surface area contributed by atoms with E-state index >= 15 is 0 Å². The van der Waals surface area contributed by atoms with Crippen molar-refractivity contribution in [2.45, 2.75) is 26.2 Å². The molecule has 1 saturated heterocycles. The van der Waals surface area contributed by atoms with Crippen LogP contribution in [-0.2, 0) is 9.53 Å². The second-order valence-electron chi connectivity index (χ2n) is 4.80. The Balaban J connectivity index is 1.74. The lowest BCUT2D eigenvalue weighted by Gasteiger charge is -2.20. The summed E-state index contributed by atoms with van der Waals surface area (Å²) >= 11 is 0. The number of hydrogen-bond donors (Lipinski definition) is 0. The molecule has 0 aromatic heterocycles. The Morgan fingerprint density at radius 2 is 2.20 bits per heavy atom. The van der Waals surface area contributed by atoms with Crippen LogP contribution >= 0.6 is 0 Å². The van der Waals surface area contributed by atoms with E-state index in [1.807, 2.05) is 0 Å². The maximum absolute atomic E-state index is 11.9. The van der Waals surface area contributed by atoms with Crippen molar-refractivity contribution in [3.05, 3.63) is 0 Å². The van der Waals surface area contributed by atoms with Crippen LogP contribution in [0.3, 0.4) is 0 Å². The van der Waals surface area contributed by atoms with Crippen molar-refractivity contribution in [1.82, 2.24) is 4.90 Å². The van der Waals surface area contributed by atoms with Crippen LogP contribution in [-0.4, -0.2) is 43.5 Å². The first-order valence-electron chi connectivity index (χ1n) is 6.12. The van der Waals surface area contributed by atoms with Gasteiger partial charge in [0.05, 0.1) is 13.2 Å². The molecular weight excluding hydrogens is 190 g/mol. The summed E-state index contributed by atoms with van der Waals surface area (Å²) in [6.07, 6.45) is 3.65. The van der Waals surface area contributed by atoms with Crippen molar-refractivity contribution < 1.29 is 9.53 Å². The fourth-order valence-electron chi connectivity index (χ4n) is 2.11. The highest BCUT2D eigenvalue weighted by molar-refractivity contribution is 5.83. The van der Waals surface area contributed by atoms with Crippen molar-refractivity contribution in [2.24, 2.45) is 11.8 Å². The van der Waals surface area contributed by atoms with E-state index in [0.717, 1.165) is 32.0 Å². The molecule has 0 bridgehead atoms. The zero-order chi connectivity index (χ0) is 10.7. The summed E-state index contributed by atoms with van der Waals surface area (Å²) in [6.45, 7) is 6.32. The summed E-state index contributed by atoms with van der Waals surface area (Å²) in [5, 5.41) is 0. The second-order valence-corrected chi connectivity index (χ2v) is 4.80. The standard InChI is InChI=1S/C12H21NO2/c1-2-13(7-10-3-4-10)8-12(14)11-5-6-15-9-11/h10-11H,2-9H2,1H3. The molecule has 1 aliphatic carbocycles. The molecule has 1 atom stereocenters. The summed E-state index contributed by atoms with van der Waals surface area (Å²) in [4.78, 5) is 14.2. The van der Waals surface area contributed by atoms with Crippen LogP contribution in [0.2, 0.25) is 0 Å². The highest BCUT2D eigenvalue weighted by Crippen LogP contribution is 2.29. The largest absolute Gasteiger partial charge is 0.381 e. The van der Waals surface area contributed by atoms with Crippen LogP contribution in [0.25, 0.3) is 0 Å². The summed E-state index contributed by atoms with van der Waals surface area (Å²) in [6, 6.07) is 0. The van der Waals surface area contributed by atoms with Gasteiger partial charge in [0.1, 0.15) is 0 Å². The molecule has 0 N–H and O–H groups in total. The Labute approximate surface area is 91.8 Å². The lowest BCUT2D eigenvalue weighted by molar-refractivity contribution is -0.124. The predicted octanol–water partition coefficient (Wildman–Crippen LogP) is 1.32. The molecule has 3 nitrogen and oxygen atoms in total. The fraction of sp³-hybridized carbons (Fsp3) is 0.917. The van der Waals surface area contributed by atoms with Crippen molar-refractivity contribution >= 4 is 5.78 Å². The number of Topliss-reactive ketones (excluding diaryl/α,β-unsaturated/α-hetero) is 1. The lowest BCUT2D eigenvalue weighted by Crippen LogP contribution is -2.34. The van der Waals surface area contributed by atoms with Crippen LogP contribution in [0.1, 0.15) is 26.2 Å². The van der Waals surface area contributed by atoms with E-state index in [0.29, 0.717) is 18.9 Å². The SMILES string of the molecule is CCN(CC(=O)C1CCOC1)CC1CC1. The highest BCUT2D eigenvalue weighted by Gasteiger charge is 2.28. The van der Waals surface area contributed by atoms with Crippen LogP contribution in [0, 0.1) is 11.8 Å². The molecule has 2 aliphatic rings. The smallest absolute Gasteiger partial charge is 0.152 e. The van der Waals surface area contributed by atoms with Gasteiger partial charge in [0.15, 0.2) is 5.78 Å². The molecule has 1 heterocycles. The van der Waals surface area contributed by atoms with Gasteiger partial charge >= 0.3 is 0 Å². The zero-order valence-corrected chi connectivity index (χ0v) is 9.58. The molecule has 1 saturated carbocycles. The van der Waals surface area contributed by atoms with Gasteiger partial charge in [0, 0.05) is 19.1 Å². The Morgan fingerprint density at radius 1 is 1.40 bits per heavy atom. The molecule has 86 valence electrons. The maximum Gasteiger partial charge on any atom is 0.152 e. The number of ketones is 1. The van der Waals surface area contributed by atoms with Gasteiger partial charge in [-0.2, -0.15) is 0 Å². The van der Waals surface area contributed by atoms with Crippen molar-refractivity contribution in [1.29, 1.82) is 0 Å². The Hall–Kier alpha value is -0.410. The van der Waals surface area contributed by atoms with E-state index in [1.165, 1.54) is 12.8 Å². The molecule has 0 radical (unpaired) electrons. The molecule has 1 aliphatic heterocycles. The third-order valence-corrected chi connectivity index (χ3v) is 3.43. The number of carbonyl (C=O) groups is 1. The number of hydrogen-bond acceptors (Lipinski definition) is 3. The van der Waals surface area contributed by atoms with E-state index < -0.39 is 0 Å². The Bertz CT molecular complexity index is 220. The second kappa shape index (κ2) is 5.08. The van der Waals surface area contributed by atoms with Crippen LogP contribution < -0.4 is 0 Å². The molecule has 0 spiro atoms. The molecule has 2 fully saturated rings. The quantitative estimate of drug-likeness (QED) is 0.663. The van der Waals surface area contributed by atoms with Gasteiger partial charge in [-0.15, -0.1) is 0 Å². The average Bonchev–Trinajstić information content (AvgIpc) is 2.88. The zero-order valence-electron chi connectivity index (χ0n) is 9.58. The van der Waals surface area contributed by atoms with E-state index in [9.17, 15) is 4.79 Å². The number of rotatable bonds is 6. The fourth-order valence-corrected chi connectivity index (χ4v) is 2.11. The van der Waals surface area contributed by atoms with Crippen molar-refractivity contribution in [3.63, 3.8) is 0 Å². The van der Waals surface area contributed by atoms with Crippen molar-refractivity contribution in [2.75, 3.05) is 32.8 Å². The van der Waals surface area contributed by atoms with Gasteiger partial charge in [0.25, 0.3) is 0 Å². The average molecular weight is 211 g/mol. The maximum atomic E-state index is 11.9. The monoisotopic (exact) mass is 211 g/mol. The minimum absolute atomic E-state index is 0.179. The van der Waals surface area contributed by atoms with Gasteiger partial charge in [-0.1, -0.05) is 6.92 Å². The van der Waals surface area contributed by atoms with E-state index in [2.05, 4.69) is 11.8 Å². The van der Waals surface area contributed by atoms with Crippen LogP contribution in [0.4, 0.5) is 0 Å². The molecule has 0 aromatic carbocycles. The molecule has 0 amide bonds. The van der Waals surface area contributed by atoms with Crippen molar-refractivity contribution in [3.8, 4) is 0 Å². The van der Waals surface area contributed by atoms with Gasteiger partial charge in [-0.25, -0.2) is 0 Å². The Morgan fingerprint density at radius 3 is 2.73 bits per heavy atom. The predicted molar refractivity (Wildman–Crippen MR) is 58.8 cm³/mol. The molecular formula is C12H21NO2. The van der Waals surface area contributed by atoms with E-state index in [-0.39, 0.29) is 5.92 Å². The number of nitrogens with zero attached hydrogens (tertiary/aromatic N) is 1. The number of carbonyl (C=O) groups excluding carboxylic acids is 1. The topological polar surface area (TPSA) is 29.5 Å². The molecule has 0 aromatic rings. The summed E-state index contributed by atoms with van der Waals surface area (Å²) in [5.74, 6) is 1.44. The minimum Gasteiger partial charge on any atom is -0.381 e. The first-order valence-corrected chi connectivity index (χ1v) is 6.12. The first-order chi connectivity index (χ1) is 7.29. The Kier molecular flexibility index (Phi) is 3.76. The summed E-state index contributed by atoms with van der Waals surface area (Å²) in [7, 11) is 0. The van der Waals surface area contributed by atoms with E-state index in [1.54, 1.807) is 0 Å². The summed E-state index contributed by atoms with van der Waals surface area (Å²) in [5.41, 5.74) is 0. The van der Waals surface area contributed by atoms with Gasteiger partial charge in [-0.05, 0) is 31.7 Å². The summed E-state index contributed by atoms with van der Waals surface area (Å²) < 4.78 is 5.25. The van der Waals surface area contributed by atoms with Gasteiger partial charge in [-0.3, -0.25) is 9.69 Å². The molecule has 15 heavy (non-hydrogen) atoms. The highest BCUT2D eigenvalue weighted by atomic mass is 16.5. The van der Waals surface area contributed by atoms with Crippen LogP contribution in [0.5, 0.6) is 0 Å². The molecule has 2 rings (SSSR count). The first kappa shape index (κ1) is 11.1. The third-order valence-electron chi connectivity index (χ3n) is 3.43. The number of ether oxygens (including phenoxy) is 1. The lowest BCUT2D eigenvalue weighted by atomic mass is 10.0. The van der Waals surface area contributed by atoms with Gasteiger partial charge < -0.3 is 4.74 Å². The van der Waals surface area contributed by atoms with Crippen LogP contribution in [0.15, 0.2) is 0 Å². The minimum atomic E-state index is 0.179. The normalized spacial score (nSPS) is 26.1. The van der Waals surface area contributed by atoms with Gasteiger partial charge in [0.2, 0.25) is 0 Å². The third kappa shape index (κ3) is 3.28. The molecule has 3 heteroatoms. The molecule has 1 unspecified atom stereocenters.